The van der Waals surface area contributed by atoms with Crippen LogP contribution in [-0.2, 0) is 16.1 Å². The van der Waals surface area contributed by atoms with Gasteiger partial charge in [-0.05, 0) is 12.8 Å². The Bertz CT molecular complexity index is 432. The third-order valence-electron chi connectivity index (χ3n) is 2.90. The highest BCUT2D eigenvalue weighted by atomic mass is 19.1. The predicted octanol–water partition coefficient (Wildman–Crippen LogP) is 2.43. The predicted molar refractivity (Wildman–Crippen MR) is 61.7 cm³/mol. The second kappa shape index (κ2) is 5.88. The number of hydrogen-bond acceptors (Lipinski definition) is 4. The summed E-state index contributed by atoms with van der Waals surface area (Å²) in [6, 6.07) is 4.11. The summed E-state index contributed by atoms with van der Waals surface area (Å²) in [6.07, 6.45) is 1.59. The molecule has 0 bridgehead atoms. The summed E-state index contributed by atoms with van der Waals surface area (Å²) in [7, 11) is 0. The van der Waals surface area contributed by atoms with Crippen molar-refractivity contribution in [2.24, 2.45) is 0 Å². The van der Waals surface area contributed by atoms with E-state index in [-0.39, 0.29) is 18.3 Å². The zero-order valence-corrected chi connectivity index (χ0v) is 9.80. The second-order valence-electron chi connectivity index (χ2n) is 4.13. The molecule has 0 spiro atoms. The lowest BCUT2D eigenvalue weighted by Gasteiger charge is -2.22. The number of nitro benzene ring substituents is 1. The first kappa shape index (κ1) is 12.9. The van der Waals surface area contributed by atoms with Crippen molar-refractivity contribution in [3.05, 3.63) is 39.7 Å². The number of hydrogen-bond donors (Lipinski definition) is 0. The molecule has 1 saturated heterocycles. The topological polar surface area (TPSA) is 61.6 Å². The quantitative estimate of drug-likeness (QED) is 0.612. The Morgan fingerprint density at radius 3 is 2.83 bits per heavy atom. The molecule has 1 aromatic carbocycles. The van der Waals surface area contributed by atoms with E-state index in [1.54, 1.807) is 0 Å². The van der Waals surface area contributed by atoms with E-state index in [0.29, 0.717) is 13.2 Å². The van der Waals surface area contributed by atoms with Gasteiger partial charge in [0.15, 0.2) is 0 Å². The van der Waals surface area contributed by atoms with E-state index >= 15 is 0 Å². The van der Waals surface area contributed by atoms with Crippen molar-refractivity contribution in [2.75, 3.05) is 13.2 Å². The molecular weight excluding hydrogens is 241 g/mol. The summed E-state index contributed by atoms with van der Waals surface area (Å²) in [5, 5.41) is 10.6. The van der Waals surface area contributed by atoms with Gasteiger partial charge in [-0.25, -0.2) is 0 Å². The third kappa shape index (κ3) is 3.02. The van der Waals surface area contributed by atoms with E-state index in [9.17, 15) is 14.5 Å². The molecule has 1 aliphatic rings. The van der Waals surface area contributed by atoms with Gasteiger partial charge in [-0.2, -0.15) is 4.39 Å². The summed E-state index contributed by atoms with van der Waals surface area (Å²) >= 11 is 0. The number of halogens is 1. The Labute approximate surface area is 104 Å². The van der Waals surface area contributed by atoms with Crippen LogP contribution in [0.1, 0.15) is 18.4 Å². The van der Waals surface area contributed by atoms with Crippen molar-refractivity contribution >= 4 is 5.69 Å². The van der Waals surface area contributed by atoms with Crippen LogP contribution in [0.3, 0.4) is 0 Å². The smallest absolute Gasteiger partial charge is 0.305 e. The van der Waals surface area contributed by atoms with Crippen molar-refractivity contribution in [2.45, 2.75) is 25.6 Å². The van der Waals surface area contributed by atoms with Crippen molar-refractivity contribution in [3.63, 3.8) is 0 Å². The van der Waals surface area contributed by atoms with Gasteiger partial charge >= 0.3 is 5.69 Å². The van der Waals surface area contributed by atoms with Crippen LogP contribution in [0.25, 0.3) is 0 Å². The summed E-state index contributed by atoms with van der Waals surface area (Å²) in [4.78, 5) is 9.86. The number of nitrogens with zero attached hydrogens (tertiary/aromatic N) is 1. The van der Waals surface area contributed by atoms with Gasteiger partial charge in [-0.1, -0.05) is 12.1 Å². The zero-order chi connectivity index (χ0) is 13.0. The minimum atomic E-state index is -0.811. The van der Waals surface area contributed by atoms with Gasteiger partial charge in [-0.3, -0.25) is 10.1 Å². The monoisotopic (exact) mass is 255 g/mol. The van der Waals surface area contributed by atoms with E-state index in [1.807, 2.05) is 0 Å². The van der Waals surface area contributed by atoms with Crippen LogP contribution in [0.5, 0.6) is 0 Å². The highest BCUT2D eigenvalue weighted by Crippen LogP contribution is 2.22. The molecule has 1 aliphatic heterocycles. The average molecular weight is 255 g/mol. The molecule has 0 aliphatic carbocycles. The van der Waals surface area contributed by atoms with E-state index in [0.717, 1.165) is 18.9 Å². The largest absolute Gasteiger partial charge is 0.381 e. The van der Waals surface area contributed by atoms with Crippen molar-refractivity contribution in [3.8, 4) is 0 Å². The molecule has 0 amide bonds. The fourth-order valence-corrected chi connectivity index (χ4v) is 1.87. The van der Waals surface area contributed by atoms with Gasteiger partial charge in [0.05, 0.1) is 17.6 Å². The minimum absolute atomic E-state index is 0.0393. The molecule has 6 heteroatoms. The van der Waals surface area contributed by atoms with Crippen molar-refractivity contribution in [1.29, 1.82) is 0 Å². The number of nitro groups is 1. The molecule has 18 heavy (non-hydrogen) atoms. The molecule has 0 atom stereocenters. The Hall–Kier alpha value is -1.53. The highest BCUT2D eigenvalue weighted by Gasteiger charge is 2.19. The van der Waals surface area contributed by atoms with Crippen molar-refractivity contribution < 1.29 is 18.8 Å². The SMILES string of the molecule is O=[N+]([O-])c1cccc(COC2CCOCC2)c1F. The first-order valence-corrected chi connectivity index (χ1v) is 5.79. The van der Waals surface area contributed by atoms with Gasteiger partial charge in [0.2, 0.25) is 5.82 Å². The van der Waals surface area contributed by atoms with Gasteiger partial charge in [0.25, 0.3) is 0 Å². The van der Waals surface area contributed by atoms with Crippen molar-refractivity contribution in [1.82, 2.24) is 0 Å². The van der Waals surface area contributed by atoms with E-state index in [2.05, 4.69) is 0 Å². The first-order valence-electron chi connectivity index (χ1n) is 5.79. The first-order chi connectivity index (χ1) is 8.68. The summed E-state index contributed by atoms with van der Waals surface area (Å²) in [6.45, 7) is 1.34. The standard InChI is InChI=1S/C12H14FNO4/c13-12-9(2-1-3-11(12)14(15)16)8-18-10-4-6-17-7-5-10/h1-3,10H,4-8H2. The lowest BCUT2D eigenvalue weighted by Crippen LogP contribution is -2.23. The van der Waals surface area contributed by atoms with Crippen LogP contribution >= 0.6 is 0 Å². The number of rotatable bonds is 4. The normalized spacial score (nSPS) is 16.7. The molecule has 2 rings (SSSR count). The van der Waals surface area contributed by atoms with Gasteiger partial charge in [0.1, 0.15) is 0 Å². The van der Waals surface area contributed by atoms with Gasteiger partial charge in [-0.15, -0.1) is 0 Å². The second-order valence-corrected chi connectivity index (χ2v) is 4.13. The molecular formula is C12H14FNO4. The molecule has 1 fully saturated rings. The Kier molecular flexibility index (Phi) is 4.22. The highest BCUT2D eigenvalue weighted by molar-refractivity contribution is 5.36. The molecule has 1 heterocycles. The van der Waals surface area contributed by atoms with Crippen LogP contribution in [0.2, 0.25) is 0 Å². The molecule has 0 N–H and O–H groups in total. The van der Waals surface area contributed by atoms with E-state index in [1.165, 1.54) is 12.1 Å². The number of benzene rings is 1. The van der Waals surface area contributed by atoms with Crippen LogP contribution in [0, 0.1) is 15.9 Å². The molecule has 5 nitrogen and oxygen atoms in total. The molecule has 0 unspecified atom stereocenters. The zero-order valence-electron chi connectivity index (χ0n) is 9.80. The van der Waals surface area contributed by atoms with E-state index < -0.39 is 16.4 Å². The van der Waals surface area contributed by atoms with Crippen LogP contribution in [-0.4, -0.2) is 24.2 Å². The maximum absolute atomic E-state index is 13.7. The average Bonchev–Trinajstić information content (AvgIpc) is 2.38. The molecule has 0 radical (unpaired) electrons. The summed E-state index contributed by atoms with van der Waals surface area (Å²) in [5.41, 5.74) is -0.293. The fraction of sp³-hybridized carbons (Fsp3) is 0.500. The Morgan fingerprint density at radius 1 is 1.44 bits per heavy atom. The molecule has 1 aromatic rings. The Balaban J connectivity index is 2.00. The number of ether oxygens (including phenoxy) is 2. The molecule has 0 aromatic heterocycles. The fourth-order valence-electron chi connectivity index (χ4n) is 1.87. The maximum atomic E-state index is 13.7. The maximum Gasteiger partial charge on any atom is 0.305 e. The third-order valence-corrected chi connectivity index (χ3v) is 2.90. The van der Waals surface area contributed by atoms with Gasteiger partial charge in [0, 0.05) is 24.8 Å². The van der Waals surface area contributed by atoms with Crippen LogP contribution in [0.4, 0.5) is 10.1 Å². The van der Waals surface area contributed by atoms with Crippen LogP contribution in [0.15, 0.2) is 18.2 Å². The van der Waals surface area contributed by atoms with E-state index in [4.69, 9.17) is 9.47 Å². The summed E-state index contributed by atoms with van der Waals surface area (Å²) in [5.74, 6) is -0.811. The Morgan fingerprint density at radius 2 is 2.17 bits per heavy atom. The minimum Gasteiger partial charge on any atom is -0.381 e. The lowest BCUT2D eigenvalue weighted by molar-refractivity contribution is -0.387. The van der Waals surface area contributed by atoms with Crippen LogP contribution < -0.4 is 0 Å². The van der Waals surface area contributed by atoms with Gasteiger partial charge < -0.3 is 9.47 Å². The molecule has 0 saturated carbocycles. The summed E-state index contributed by atoms with van der Waals surface area (Å²) < 4.78 is 24.5. The lowest BCUT2D eigenvalue weighted by atomic mass is 10.1. The molecule has 98 valence electrons.